The number of aliphatic hydroxyl groups is 1. The minimum atomic E-state index is -0.763. The third kappa shape index (κ3) is 5.48. The minimum Gasteiger partial charge on any atom is -0.394 e. The Morgan fingerprint density at radius 2 is 2.02 bits per heavy atom. The molecular weight excluding hydrogens is 546 g/mol. The second kappa shape index (κ2) is 11.4. The van der Waals surface area contributed by atoms with Gasteiger partial charge in [-0.3, -0.25) is 9.59 Å². The molecule has 4 aromatic rings. The number of halogens is 1. The molecule has 41 heavy (non-hydrogen) atoms. The zero-order chi connectivity index (χ0) is 28.5. The van der Waals surface area contributed by atoms with Crippen LogP contribution in [-0.4, -0.2) is 73.1 Å². The number of amides is 2. The Kier molecular flexibility index (Phi) is 7.57. The monoisotopic (exact) mass is 575 g/mol. The van der Waals surface area contributed by atoms with Crippen molar-refractivity contribution in [2.24, 2.45) is 0 Å². The van der Waals surface area contributed by atoms with E-state index >= 15 is 0 Å². The highest BCUT2D eigenvalue weighted by Crippen LogP contribution is 2.32. The molecule has 11 nitrogen and oxygen atoms in total. The number of aromatic nitrogens is 4. The number of pyridine rings is 1. The predicted octanol–water partition coefficient (Wildman–Crippen LogP) is 3.23. The molecule has 2 aliphatic rings. The fourth-order valence-corrected chi connectivity index (χ4v) is 5.46. The third-order valence-corrected chi connectivity index (χ3v) is 7.96. The Balaban J connectivity index is 1.17. The molecule has 1 aromatic carbocycles. The van der Waals surface area contributed by atoms with E-state index in [-0.39, 0.29) is 24.5 Å². The van der Waals surface area contributed by atoms with Gasteiger partial charge in [-0.2, -0.15) is 0 Å². The summed E-state index contributed by atoms with van der Waals surface area (Å²) in [4.78, 5) is 41.5. The lowest BCUT2D eigenvalue weighted by Crippen LogP contribution is -2.46. The van der Waals surface area contributed by atoms with Gasteiger partial charge in [0.1, 0.15) is 11.7 Å². The number of imidazole rings is 1. The van der Waals surface area contributed by atoms with Gasteiger partial charge in [0.25, 0.3) is 5.91 Å². The van der Waals surface area contributed by atoms with Crippen LogP contribution in [0.2, 0.25) is 5.02 Å². The molecule has 6 rings (SSSR count). The summed E-state index contributed by atoms with van der Waals surface area (Å²) in [6.45, 7) is 3.07. The van der Waals surface area contributed by atoms with Crippen molar-refractivity contribution in [2.45, 2.75) is 44.4 Å². The van der Waals surface area contributed by atoms with Crippen LogP contribution in [-0.2, 0) is 16.1 Å². The summed E-state index contributed by atoms with van der Waals surface area (Å²) in [5.41, 5.74) is 3.95. The van der Waals surface area contributed by atoms with Crippen molar-refractivity contribution in [1.29, 1.82) is 0 Å². The van der Waals surface area contributed by atoms with E-state index in [0.717, 1.165) is 24.0 Å². The van der Waals surface area contributed by atoms with Crippen LogP contribution in [0.1, 0.15) is 47.3 Å². The Morgan fingerprint density at radius 3 is 2.83 bits per heavy atom. The first-order valence-corrected chi connectivity index (χ1v) is 13.9. The molecule has 1 fully saturated rings. The number of benzene rings is 1. The molecule has 5 heterocycles. The van der Waals surface area contributed by atoms with Crippen molar-refractivity contribution in [1.82, 2.24) is 29.6 Å². The molecule has 0 bridgehead atoms. The fraction of sp³-hybridized carbons (Fsp3) is 0.345. The number of aliphatic hydroxyl groups excluding tert-OH is 1. The molecular formula is C29H30ClN7O4. The van der Waals surface area contributed by atoms with Gasteiger partial charge in [-0.15, -0.1) is 0 Å². The molecule has 3 N–H and O–H groups in total. The zero-order valence-corrected chi connectivity index (χ0v) is 23.2. The van der Waals surface area contributed by atoms with E-state index in [9.17, 15) is 14.7 Å². The number of hydrogen-bond acceptors (Lipinski definition) is 8. The molecule has 2 aliphatic heterocycles. The Labute approximate surface area is 241 Å². The molecule has 2 atom stereocenters. The molecule has 0 saturated carbocycles. The minimum absolute atomic E-state index is 0.222. The Morgan fingerprint density at radius 1 is 1.20 bits per heavy atom. The molecule has 3 aromatic heterocycles. The van der Waals surface area contributed by atoms with Gasteiger partial charge in [-0.1, -0.05) is 23.7 Å². The molecule has 2 amide bonds. The molecule has 0 aliphatic carbocycles. The maximum absolute atomic E-state index is 13.5. The van der Waals surface area contributed by atoms with E-state index in [1.54, 1.807) is 25.4 Å². The van der Waals surface area contributed by atoms with Gasteiger partial charge in [0.05, 0.1) is 29.6 Å². The summed E-state index contributed by atoms with van der Waals surface area (Å²) in [6, 6.07) is 7.97. The first-order valence-electron chi connectivity index (χ1n) is 13.6. The number of anilines is 1. The first kappa shape index (κ1) is 27.1. The van der Waals surface area contributed by atoms with Crippen LogP contribution >= 0.6 is 11.6 Å². The highest BCUT2D eigenvalue weighted by molar-refractivity contribution is 6.33. The molecule has 2 unspecified atom stereocenters. The largest absolute Gasteiger partial charge is 0.394 e. The van der Waals surface area contributed by atoms with Crippen LogP contribution in [0.5, 0.6) is 0 Å². The standard InChI is InChI=1S/C29H30ClN7O4/c1-17(27(39)34-24(16-38)18-4-8-36-9-7-31-25(36)13-18)37-15-20-3-2-19(12-22(20)28(37)40)26-23(30)14-32-29(35-26)33-21-5-10-41-11-6-21/h2-4,7-9,12-14,17,21,24,38H,5-6,10-11,15-16H2,1H3,(H,34,39)(H,32,33,35). The summed E-state index contributed by atoms with van der Waals surface area (Å²) in [5, 5.41) is 16.6. The summed E-state index contributed by atoms with van der Waals surface area (Å²) in [5.74, 6) is -0.147. The van der Waals surface area contributed by atoms with E-state index in [1.165, 1.54) is 4.90 Å². The summed E-state index contributed by atoms with van der Waals surface area (Å²) in [7, 11) is 0. The van der Waals surface area contributed by atoms with Crippen LogP contribution in [0, 0.1) is 0 Å². The lowest BCUT2D eigenvalue weighted by atomic mass is 10.0. The van der Waals surface area contributed by atoms with Gasteiger partial charge in [0.2, 0.25) is 11.9 Å². The Hall–Kier alpha value is -4.06. The van der Waals surface area contributed by atoms with Crippen molar-refractivity contribution < 1.29 is 19.4 Å². The first-order chi connectivity index (χ1) is 19.9. The van der Waals surface area contributed by atoms with Gasteiger partial charge in [-0.05, 0) is 49.1 Å². The molecule has 12 heteroatoms. The quantitative estimate of drug-likeness (QED) is 0.292. The van der Waals surface area contributed by atoms with Gasteiger partial charge < -0.3 is 29.8 Å². The SMILES string of the molecule is CC(C(=O)NC(CO)c1ccn2ccnc2c1)N1Cc2ccc(-c3nc(NC4CCOCC4)ncc3Cl)cc2C1=O. The van der Waals surface area contributed by atoms with Crippen molar-refractivity contribution in [3.63, 3.8) is 0 Å². The number of ether oxygens (including phenoxy) is 1. The highest BCUT2D eigenvalue weighted by atomic mass is 35.5. The number of nitrogens with zero attached hydrogens (tertiary/aromatic N) is 5. The maximum atomic E-state index is 13.5. The van der Waals surface area contributed by atoms with E-state index in [2.05, 4.69) is 25.6 Å². The summed E-state index contributed by atoms with van der Waals surface area (Å²) in [6.07, 6.45) is 8.61. The van der Waals surface area contributed by atoms with Crippen LogP contribution < -0.4 is 10.6 Å². The average molecular weight is 576 g/mol. The summed E-state index contributed by atoms with van der Waals surface area (Å²) >= 11 is 6.47. The van der Waals surface area contributed by atoms with Crippen molar-refractivity contribution in [3.05, 3.63) is 76.8 Å². The molecule has 0 radical (unpaired) electrons. The molecule has 1 saturated heterocycles. The van der Waals surface area contributed by atoms with Crippen molar-refractivity contribution >= 4 is 35.0 Å². The van der Waals surface area contributed by atoms with Crippen molar-refractivity contribution in [3.8, 4) is 11.3 Å². The van der Waals surface area contributed by atoms with Crippen LogP contribution in [0.3, 0.4) is 0 Å². The normalized spacial score (nSPS) is 17.0. The lowest BCUT2D eigenvalue weighted by molar-refractivity contribution is -0.126. The topological polar surface area (TPSA) is 134 Å². The number of fused-ring (bicyclic) bond motifs is 2. The van der Waals surface area contributed by atoms with E-state index in [4.69, 9.17) is 16.3 Å². The Bertz CT molecular complexity index is 1600. The number of rotatable bonds is 8. The molecule has 0 spiro atoms. The fourth-order valence-electron chi connectivity index (χ4n) is 5.26. The highest BCUT2D eigenvalue weighted by Gasteiger charge is 2.35. The van der Waals surface area contributed by atoms with E-state index < -0.39 is 12.1 Å². The second-order valence-corrected chi connectivity index (χ2v) is 10.7. The van der Waals surface area contributed by atoms with Crippen LogP contribution in [0.15, 0.2) is 55.1 Å². The zero-order valence-electron chi connectivity index (χ0n) is 22.5. The van der Waals surface area contributed by atoms with Crippen molar-refractivity contribution in [2.75, 3.05) is 25.1 Å². The predicted molar refractivity (Wildman–Crippen MR) is 152 cm³/mol. The smallest absolute Gasteiger partial charge is 0.255 e. The second-order valence-electron chi connectivity index (χ2n) is 10.3. The van der Waals surface area contributed by atoms with Gasteiger partial charge >= 0.3 is 0 Å². The number of carbonyl (C=O) groups excluding carboxylic acids is 2. The lowest BCUT2D eigenvalue weighted by Gasteiger charge is -2.26. The van der Waals surface area contributed by atoms with Gasteiger partial charge in [0, 0.05) is 55.5 Å². The third-order valence-electron chi connectivity index (χ3n) is 7.68. The number of carbonyl (C=O) groups is 2. The van der Waals surface area contributed by atoms with Crippen LogP contribution in [0.4, 0.5) is 5.95 Å². The maximum Gasteiger partial charge on any atom is 0.255 e. The van der Waals surface area contributed by atoms with Gasteiger partial charge in [0.15, 0.2) is 0 Å². The summed E-state index contributed by atoms with van der Waals surface area (Å²) < 4.78 is 7.26. The van der Waals surface area contributed by atoms with Crippen LogP contribution in [0.25, 0.3) is 16.9 Å². The average Bonchev–Trinajstić information content (AvgIpc) is 3.60. The van der Waals surface area contributed by atoms with E-state index in [1.807, 2.05) is 41.1 Å². The number of nitrogens with one attached hydrogen (secondary N) is 2. The number of hydrogen-bond donors (Lipinski definition) is 3. The molecule has 212 valence electrons. The van der Waals surface area contributed by atoms with E-state index in [0.29, 0.717) is 53.2 Å². The van der Waals surface area contributed by atoms with Gasteiger partial charge in [-0.25, -0.2) is 15.0 Å².